The summed E-state index contributed by atoms with van der Waals surface area (Å²) < 4.78 is 11.2. The first-order valence-electron chi connectivity index (χ1n) is 7.99. The molecule has 0 aliphatic carbocycles. The van der Waals surface area contributed by atoms with Gasteiger partial charge >= 0.3 is 5.97 Å². The summed E-state index contributed by atoms with van der Waals surface area (Å²) in [5, 5.41) is 9.53. The summed E-state index contributed by atoms with van der Waals surface area (Å²) in [5.74, 6) is -2.56. The number of hydrogen-bond acceptors (Lipinski definition) is 5. The summed E-state index contributed by atoms with van der Waals surface area (Å²) in [6.45, 7) is 1.21. The molecule has 1 saturated heterocycles. The fraction of sp³-hybridized carbons (Fsp3) is 0.500. The van der Waals surface area contributed by atoms with Gasteiger partial charge in [0.05, 0.1) is 13.2 Å². The van der Waals surface area contributed by atoms with Crippen LogP contribution in [0.4, 0.5) is 0 Å². The van der Waals surface area contributed by atoms with E-state index in [1.54, 1.807) is 0 Å². The molecule has 0 aromatic heterocycles. The highest BCUT2D eigenvalue weighted by atomic mass is 16.5. The summed E-state index contributed by atoms with van der Waals surface area (Å²) in [6, 6.07) is 9.52. The van der Waals surface area contributed by atoms with Crippen molar-refractivity contribution in [3.05, 3.63) is 35.9 Å². The van der Waals surface area contributed by atoms with Crippen molar-refractivity contribution >= 4 is 18.5 Å². The number of carbonyl (C=O) groups excluding carboxylic acids is 2. The summed E-state index contributed by atoms with van der Waals surface area (Å²) in [4.78, 5) is 34.9. The van der Waals surface area contributed by atoms with Crippen molar-refractivity contribution in [2.24, 2.45) is 17.3 Å². The molecule has 1 heterocycles. The van der Waals surface area contributed by atoms with E-state index in [-0.39, 0.29) is 31.7 Å². The molecule has 130 valence electrons. The molecule has 2 unspecified atom stereocenters. The average molecular weight is 334 g/mol. The number of rotatable bonds is 6. The van der Waals surface area contributed by atoms with Gasteiger partial charge in [-0.25, -0.2) is 0 Å². The minimum atomic E-state index is -2.12. The molecule has 0 saturated carbocycles. The van der Waals surface area contributed by atoms with Gasteiger partial charge in [0.15, 0.2) is 5.41 Å². The lowest BCUT2D eigenvalue weighted by atomic mass is 9.70. The van der Waals surface area contributed by atoms with Gasteiger partial charge in [-0.1, -0.05) is 30.3 Å². The van der Waals surface area contributed by atoms with Gasteiger partial charge in [0.1, 0.15) is 12.6 Å². The number of aldehydes is 2. The van der Waals surface area contributed by atoms with E-state index in [9.17, 15) is 19.5 Å². The van der Waals surface area contributed by atoms with Crippen LogP contribution in [0.3, 0.4) is 0 Å². The highest BCUT2D eigenvalue weighted by molar-refractivity contribution is 6.07. The van der Waals surface area contributed by atoms with Crippen molar-refractivity contribution in [2.45, 2.75) is 12.8 Å². The molecule has 1 aromatic carbocycles. The third-order valence-electron chi connectivity index (χ3n) is 4.49. The molecule has 1 aliphatic heterocycles. The molecule has 0 amide bonds. The number of aliphatic carboxylic acids is 1. The smallest absolute Gasteiger partial charge is 0.324 e. The van der Waals surface area contributed by atoms with Crippen molar-refractivity contribution < 1.29 is 29.0 Å². The number of carbonyl (C=O) groups is 3. The molecule has 1 aliphatic rings. The van der Waals surface area contributed by atoms with E-state index < -0.39 is 17.3 Å². The monoisotopic (exact) mass is 334 g/mol. The predicted octanol–water partition coefficient (Wildman–Crippen LogP) is 1.37. The third kappa shape index (κ3) is 4.07. The van der Waals surface area contributed by atoms with Crippen molar-refractivity contribution in [2.75, 3.05) is 26.4 Å². The van der Waals surface area contributed by atoms with Gasteiger partial charge in [0, 0.05) is 19.1 Å². The van der Waals surface area contributed by atoms with Gasteiger partial charge in [-0.15, -0.1) is 0 Å². The maximum Gasteiger partial charge on any atom is 0.324 e. The molecule has 24 heavy (non-hydrogen) atoms. The lowest BCUT2D eigenvalue weighted by molar-refractivity contribution is -0.160. The fourth-order valence-corrected chi connectivity index (χ4v) is 3.07. The zero-order chi connectivity index (χ0) is 17.4. The normalized spacial score (nSPS) is 22.7. The fourth-order valence-electron chi connectivity index (χ4n) is 3.07. The zero-order valence-corrected chi connectivity index (χ0v) is 13.4. The van der Waals surface area contributed by atoms with E-state index in [1.807, 2.05) is 30.3 Å². The summed E-state index contributed by atoms with van der Waals surface area (Å²) in [7, 11) is 0. The van der Waals surface area contributed by atoms with E-state index in [0.29, 0.717) is 26.1 Å². The van der Waals surface area contributed by atoms with Gasteiger partial charge in [-0.2, -0.15) is 0 Å². The molecule has 1 fully saturated rings. The Kier molecular flexibility index (Phi) is 6.63. The second-order valence-corrected chi connectivity index (χ2v) is 6.03. The second-order valence-electron chi connectivity index (χ2n) is 6.03. The zero-order valence-electron chi connectivity index (χ0n) is 13.4. The molecule has 2 atom stereocenters. The maximum absolute atomic E-state index is 11.7. The third-order valence-corrected chi connectivity index (χ3v) is 4.49. The van der Waals surface area contributed by atoms with Crippen LogP contribution >= 0.6 is 0 Å². The van der Waals surface area contributed by atoms with Gasteiger partial charge in [-0.05, 0) is 24.3 Å². The maximum atomic E-state index is 11.7. The minimum Gasteiger partial charge on any atom is -0.480 e. The minimum absolute atomic E-state index is 0.0324. The largest absolute Gasteiger partial charge is 0.480 e. The van der Waals surface area contributed by atoms with Gasteiger partial charge in [0.25, 0.3) is 0 Å². The molecule has 1 N–H and O–H groups in total. The van der Waals surface area contributed by atoms with E-state index in [4.69, 9.17) is 9.47 Å². The molecule has 2 rings (SSSR count). The molecule has 6 nitrogen and oxygen atoms in total. The number of hydrogen-bond donors (Lipinski definition) is 1. The van der Waals surface area contributed by atoms with Crippen LogP contribution in [0.5, 0.6) is 0 Å². The first-order valence-corrected chi connectivity index (χ1v) is 7.99. The van der Waals surface area contributed by atoms with Crippen LogP contribution in [-0.2, 0) is 30.3 Å². The highest BCUT2D eigenvalue weighted by Crippen LogP contribution is 2.34. The van der Waals surface area contributed by atoms with Crippen LogP contribution in [0.1, 0.15) is 12.0 Å². The summed E-state index contributed by atoms with van der Waals surface area (Å²) in [5.41, 5.74) is -1.13. The van der Waals surface area contributed by atoms with Crippen LogP contribution in [-0.4, -0.2) is 50.1 Å². The van der Waals surface area contributed by atoms with Gasteiger partial charge in [-0.3, -0.25) is 4.79 Å². The highest BCUT2D eigenvalue weighted by Gasteiger charge is 2.50. The average Bonchev–Trinajstić information content (AvgIpc) is 2.70. The molecular formula is C18H22O6. The SMILES string of the molecule is O=CC(C=O)(C(=O)O)C1COCCCOCC1Cc1ccccc1. The Hall–Kier alpha value is -2.05. The van der Waals surface area contributed by atoms with E-state index in [0.717, 1.165) is 5.56 Å². The number of carboxylic acid groups (broad SMARTS) is 1. The first-order chi connectivity index (χ1) is 11.6. The predicted molar refractivity (Wildman–Crippen MR) is 85.6 cm³/mol. The van der Waals surface area contributed by atoms with E-state index in [2.05, 4.69) is 0 Å². The van der Waals surface area contributed by atoms with E-state index in [1.165, 1.54) is 0 Å². The van der Waals surface area contributed by atoms with Gasteiger partial charge < -0.3 is 24.2 Å². The molecular weight excluding hydrogens is 312 g/mol. The van der Waals surface area contributed by atoms with Crippen LogP contribution in [0.25, 0.3) is 0 Å². The van der Waals surface area contributed by atoms with Crippen LogP contribution < -0.4 is 0 Å². The standard InChI is InChI=1S/C18H22O6/c19-12-18(13-20,17(21)22)16-11-24-8-4-7-23-10-15(16)9-14-5-2-1-3-6-14/h1-3,5-6,12-13,15-16H,4,7-11H2,(H,21,22). The second kappa shape index (κ2) is 8.70. The summed E-state index contributed by atoms with van der Waals surface area (Å²) in [6.07, 6.45) is 1.65. The van der Waals surface area contributed by atoms with Crippen molar-refractivity contribution in [3.63, 3.8) is 0 Å². The Labute approximate surface area is 140 Å². The quantitative estimate of drug-likeness (QED) is 0.624. The molecule has 0 radical (unpaired) electrons. The Morgan fingerprint density at radius 1 is 1.12 bits per heavy atom. The number of benzene rings is 1. The van der Waals surface area contributed by atoms with Crippen molar-refractivity contribution in [3.8, 4) is 0 Å². The number of carboxylic acids is 1. The number of ether oxygens (including phenoxy) is 2. The Morgan fingerprint density at radius 3 is 2.33 bits per heavy atom. The van der Waals surface area contributed by atoms with Crippen LogP contribution in [0, 0.1) is 17.3 Å². The molecule has 6 heteroatoms. The first kappa shape index (κ1) is 18.3. The van der Waals surface area contributed by atoms with Gasteiger partial charge in [0.2, 0.25) is 0 Å². The lowest BCUT2D eigenvalue weighted by Gasteiger charge is -2.34. The van der Waals surface area contributed by atoms with Crippen molar-refractivity contribution in [1.82, 2.24) is 0 Å². The molecule has 0 spiro atoms. The Balaban J connectivity index is 2.36. The van der Waals surface area contributed by atoms with Crippen LogP contribution in [0.2, 0.25) is 0 Å². The lowest BCUT2D eigenvalue weighted by Crippen LogP contribution is -2.48. The topological polar surface area (TPSA) is 89.9 Å². The molecule has 1 aromatic rings. The van der Waals surface area contributed by atoms with Crippen LogP contribution in [0.15, 0.2) is 30.3 Å². The molecule has 0 bridgehead atoms. The Morgan fingerprint density at radius 2 is 1.75 bits per heavy atom. The van der Waals surface area contributed by atoms with E-state index >= 15 is 0 Å². The summed E-state index contributed by atoms with van der Waals surface area (Å²) >= 11 is 0. The van der Waals surface area contributed by atoms with Crippen molar-refractivity contribution in [1.29, 1.82) is 0 Å². The Bertz CT molecular complexity index is 548.